The summed E-state index contributed by atoms with van der Waals surface area (Å²) in [5.74, 6) is 2.06. The van der Waals surface area contributed by atoms with Crippen molar-refractivity contribution in [2.45, 2.75) is 25.7 Å². The average Bonchev–Trinajstić information content (AvgIpc) is 3.57. The van der Waals surface area contributed by atoms with E-state index in [9.17, 15) is 0 Å². The molecule has 1 saturated heterocycles. The smallest absolute Gasteiger partial charge is 0.235 e. The van der Waals surface area contributed by atoms with Crippen LogP contribution >= 0.6 is 11.3 Å². The van der Waals surface area contributed by atoms with Gasteiger partial charge >= 0.3 is 0 Å². The van der Waals surface area contributed by atoms with Crippen LogP contribution in [0.25, 0.3) is 27.5 Å². The van der Waals surface area contributed by atoms with Gasteiger partial charge in [-0.25, -0.2) is 0 Å². The highest BCUT2D eigenvalue weighted by atomic mass is 32.1. The predicted octanol–water partition coefficient (Wildman–Crippen LogP) is 4.94. The van der Waals surface area contributed by atoms with E-state index < -0.39 is 0 Å². The van der Waals surface area contributed by atoms with Crippen molar-refractivity contribution < 1.29 is 4.42 Å². The molecule has 156 valence electrons. The van der Waals surface area contributed by atoms with Crippen molar-refractivity contribution in [2.24, 2.45) is 0 Å². The number of hydrogen-bond acceptors (Lipinski definition) is 6. The Bertz CT molecular complexity index is 1350. The molecule has 6 nitrogen and oxygen atoms in total. The zero-order valence-electron chi connectivity index (χ0n) is 17.4. The number of furan rings is 1. The molecule has 1 aliphatic heterocycles. The Morgan fingerprint density at radius 1 is 1.06 bits per heavy atom. The molecule has 0 aliphatic carbocycles. The second-order valence-corrected chi connectivity index (χ2v) is 9.25. The number of rotatable bonds is 5. The third-order valence-electron chi connectivity index (χ3n) is 6.26. The van der Waals surface area contributed by atoms with E-state index in [0.29, 0.717) is 11.7 Å². The summed E-state index contributed by atoms with van der Waals surface area (Å²) in [6, 6.07) is 18.9. The van der Waals surface area contributed by atoms with Crippen molar-refractivity contribution in [3.63, 3.8) is 0 Å². The normalized spacial score (nSPS) is 17.3. The van der Waals surface area contributed by atoms with Gasteiger partial charge in [0, 0.05) is 30.5 Å². The number of hydrogen-bond donors (Lipinski definition) is 0. The van der Waals surface area contributed by atoms with Crippen molar-refractivity contribution >= 4 is 27.3 Å². The van der Waals surface area contributed by atoms with Crippen molar-refractivity contribution in [2.75, 3.05) is 19.6 Å². The summed E-state index contributed by atoms with van der Waals surface area (Å²) in [6.07, 6.45) is 2.15. The van der Waals surface area contributed by atoms with Gasteiger partial charge in [-0.3, -0.25) is 0 Å². The minimum Gasteiger partial charge on any atom is -0.452 e. The number of para-hydroxylation sites is 1. The van der Waals surface area contributed by atoms with Gasteiger partial charge in [-0.15, -0.1) is 10.2 Å². The second-order valence-electron chi connectivity index (χ2n) is 8.21. The molecule has 6 rings (SSSR count). The maximum atomic E-state index is 6.09. The highest BCUT2D eigenvalue weighted by Crippen LogP contribution is 2.33. The molecule has 2 aromatic carbocycles. The average molecular weight is 430 g/mol. The molecule has 1 atom stereocenters. The van der Waals surface area contributed by atoms with E-state index in [1.807, 2.05) is 22.7 Å². The zero-order valence-corrected chi connectivity index (χ0v) is 18.2. The van der Waals surface area contributed by atoms with Crippen LogP contribution in [0.3, 0.4) is 0 Å². The summed E-state index contributed by atoms with van der Waals surface area (Å²) < 4.78 is 7.92. The number of aryl methyl sites for hydroxylation is 1. The van der Waals surface area contributed by atoms with Crippen LogP contribution in [0.4, 0.5) is 0 Å². The van der Waals surface area contributed by atoms with Gasteiger partial charge in [0.15, 0.2) is 5.76 Å². The lowest BCUT2D eigenvalue weighted by atomic mass is 9.99. The minimum absolute atomic E-state index is 0.640. The number of benzene rings is 2. The number of aromatic nitrogens is 4. The molecular formula is C24H23N5OS. The first-order valence-electron chi connectivity index (χ1n) is 10.7. The summed E-state index contributed by atoms with van der Waals surface area (Å²) in [7, 11) is 0. The molecule has 0 radical (unpaired) electrons. The molecule has 5 aromatic rings. The topological polar surface area (TPSA) is 59.5 Å². The number of fused-ring (bicyclic) bond motifs is 2. The van der Waals surface area contributed by atoms with Crippen LogP contribution in [0.15, 0.2) is 59.0 Å². The van der Waals surface area contributed by atoms with E-state index in [4.69, 9.17) is 9.52 Å². The summed E-state index contributed by atoms with van der Waals surface area (Å²) in [4.78, 5) is 3.36. The maximum Gasteiger partial charge on any atom is 0.235 e. The summed E-state index contributed by atoms with van der Waals surface area (Å²) in [6.45, 7) is 5.35. The number of likely N-dealkylation sites (tertiary alicyclic amines) is 1. The first-order chi connectivity index (χ1) is 15.3. The first kappa shape index (κ1) is 18.7. The molecule has 0 spiro atoms. The van der Waals surface area contributed by atoms with Crippen LogP contribution in [-0.4, -0.2) is 44.3 Å². The van der Waals surface area contributed by atoms with E-state index >= 15 is 0 Å². The Morgan fingerprint density at radius 3 is 2.77 bits per heavy atom. The molecule has 1 fully saturated rings. The molecule has 0 unspecified atom stereocenters. The maximum absolute atomic E-state index is 6.09. The summed E-state index contributed by atoms with van der Waals surface area (Å²) >= 11 is 1.62. The highest BCUT2D eigenvalue weighted by Gasteiger charge is 2.24. The predicted molar refractivity (Wildman–Crippen MR) is 123 cm³/mol. The Hall–Kier alpha value is -3.03. The van der Waals surface area contributed by atoms with E-state index in [2.05, 4.69) is 58.4 Å². The van der Waals surface area contributed by atoms with Gasteiger partial charge in [0.05, 0.1) is 0 Å². The van der Waals surface area contributed by atoms with E-state index in [1.54, 1.807) is 11.3 Å². The molecular weight excluding hydrogens is 406 g/mol. The van der Waals surface area contributed by atoms with Gasteiger partial charge in [-0.2, -0.15) is 9.61 Å². The Morgan fingerprint density at radius 2 is 1.90 bits per heavy atom. The Kier molecular flexibility index (Phi) is 4.58. The highest BCUT2D eigenvalue weighted by molar-refractivity contribution is 7.16. The van der Waals surface area contributed by atoms with Crippen LogP contribution in [0.5, 0.6) is 0 Å². The third-order valence-corrected chi connectivity index (χ3v) is 7.22. The van der Waals surface area contributed by atoms with Crippen LogP contribution < -0.4 is 0 Å². The molecule has 4 heterocycles. The largest absolute Gasteiger partial charge is 0.452 e. The van der Waals surface area contributed by atoms with Crippen molar-refractivity contribution in [3.8, 4) is 11.6 Å². The fraction of sp³-hybridized carbons (Fsp3) is 0.292. The van der Waals surface area contributed by atoms with Gasteiger partial charge in [-0.05, 0) is 37.4 Å². The zero-order chi connectivity index (χ0) is 20.8. The molecule has 1 aliphatic rings. The SMILES string of the molecule is Cc1c(-c2nnc3sc(CCN4CC[C@@H](c5ccccc5)C4)nn23)oc2ccccc12. The molecule has 3 aromatic heterocycles. The van der Waals surface area contributed by atoms with Crippen LogP contribution in [0, 0.1) is 6.92 Å². The van der Waals surface area contributed by atoms with Gasteiger partial charge in [-0.1, -0.05) is 59.9 Å². The third kappa shape index (κ3) is 3.34. The van der Waals surface area contributed by atoms with Gasteiger partial charge < -0.3 is 9.32 Å². The van der Waals surface area contributed by atoms with Gasteiger partial charge in [0.1, 0.15) is 10.6 Å². The molecule has 0 N–H and O–H groups in total. The lowest BCUT2D eigenvalue weighted by Crippen LogP contribution is -2.23. The summed E-state index contributed by atoms with van der Waals surface area (Å²) in [5, 5.41) is 15.7. The standard InChI is InChI=1S/C24H23N5OS/c1-16-19-9-5-6-10-20(19)30-22(16)23-25-26-24-29(23)27-21(31-24)12-14-28-13-11-18(15-28)17-7-3-2-4-8-17/h2-10,18H,11-15H2,1H3/t18-/m1/s1. The fourth-order valence-corrected chi connectivity index (χ4v) is 5.40. The molecule has 31 heavy (non-hydrogen) atoms. The molecule has 0 bridgehead atoms. The van der Waals surface area contributed by atoms with Crippen LogP contribution in [0.2, 0.25) is 0 Å². The second kappa shape index (κ2) is 7.59. The van der Waals surface area contributed by atoms with Crippen molar-refractivity contribution in [3.05, 3.63) is 70.7 Å². The van der Waals surface area contributed by atoms with Gasteiger partial charge in [0.25, 0.3) is 0 Å². The Labute approximate surface area is 184 Å². The van der Waals surface area contributed by atoms with Crippen molar-refractivity contribution in [1.29, 1.82) is 0 Å². The minimum atomic E-state index is 0.640. The molecule has 0 saturated carbocycles. The fourth-order valence-electron chi connectivity index (χ4n) is 4.57. The monoisotopic (exact) mass is 429 g/mol. The van der Waals surface area contributed by atoms with Crippen LogP contribution in [-0.2, 0) is 6.42 Å². The molecule has 0 amide bonds. The lowest BCUT2D eigenvalue weighted by Gasteiger charge is -2.15. The Balaban J connectivity index is 1.19. The summed E-state index contributed by atoms with van der Waals surface area (Å²) in [5.41, 5.74) is 3.39. The lowest BCUT2D eigenvalue weighted by molar-refractivity contribution is 0.338. The first-order valence-corrected chi connectivity index (χ1v) is 11.5. The number of nitrogens with zero attached hydrogens (tertiary/aromatic N) is 5. The van der Waals surface area contributed by atoms with Crippen LogP contribution in [0.1, 0.15) is 28.5 Å². The van der Waals surface area contributed by atoms with Gasteiger partial charge in [0.2, 0.25) is 10.8 Å². The van der Waals surface area contributed by atoms with E-state index in [1.165, 1.54) is 12.0 Å². The molecule has 7 heteroatoms. The van der Waals surface area contributed by atoms with E-state index in [-0.39, 0.29) is 0 Å². The van der Waals surface area contributed by atoms with E-state index in [0.717, 1.165) is 58.3 Å². The quantitative estimate of drug-likeness (QED) is 0.396. The van der Waals surface area contributed by atoms with Crippen molar-refractivity contribution in [1.82, 2.24) is 24.7 Å².